The molecule has 0 aromatic carbocycles. The Morgan fingerprint density at radius 2 is 2.06 bits per heavy atom. The van der Waals surface area contributed by atoms with Gasteiger partial charge in [-0.15, -0.1) is 0 Å². The largest absolute Gasteiger partial charge is 0.354 e. The van der Waals surface area contributed by atoms with E-state index >= 15 is 0 Å². The van der Waals surface area contributed by atoms with Crippen LogP contribution in [-0.2, 0) is 14.4 Å². The van der Waals surface area contributed by atoms with Crippen LogP contribution in [0.15, 0.2) is 23.1 Å². The second-order valence-electron chi connectivity index (χ2n) is 9.47. The number of rotatable bonds is 5. The van der Waals surface area contributed by atoms with Gasteiger partial charge in [0.25, 0.3) is 5.91 Å². The van der Waals surface area contributed by atoms with Gasteiger partial charge in [-0.05, 0) is 43.2 Å². The number of hydrogen-bond acceptors (Lipinski definition) is 6. The quantitative estimate of drug-likeness (QED) is 0.541. The molecule has 174 valence electrons. The van der Waals surface area contributed by atoms with Crippen LogP contribution in [0.5, 0.6) is 0 Å². The highest BCUT2D eigenvalue weighted by atomic mass is 16.2. The molecule has 2 saturated heterocycles. The Morgan fingerprint density at radius 3 is 2.79 bits per heavy atom. The number of carbonyl (C=O) groups is 4. The molecule has 2 unspecified atom stereocenters. The molecule has 2 aromatic rings. The summed E-state index contributed by atoms with van der Waals surface area (Å²) < 4.78 is 1.33. The molecule has 2 atom stereocenters. The van der Waals surface area contributed by atoms with E-state index < -0.39 is 11.8 Å². The lowest BCUT2D eigenvalue weighted by atomic mass is 9.67. The highest BCUT2D eigenvalue weighted by Gasteiger charge is 2.49. The summed E-state index contributed by atoms with van der Waals surface area (Å²) in [4.78, 5) is 62.6. The van der Waals surface area contributed by atoms with Crippen LogP contribution in [0.4, 0.5) is 0 Å². The van der Waals surface area contributed by atoms with Crippen molar-refractivity contribution in [1.82, 2.24) is 30.1 Å². The van der Waals surface area contributed by atoms with Gasteiger partial charge in [0.1, 0.15) is 0 Å². The monoisotopic (exact) mass is 454 g/mol. The van der Waals surface area contributed by atoms with E-state index in [0.717, 1.165) is 25.7 Å². The van der Waals surface area contributed by atoms with Crippen molar-refractivity contribution in [2.45, 2.75) is 51.0 Å². The second-order valence-corrected chi connectivity index (χ2v) is 9.47. The predicted molar refractivity (Wildman–Crippen MR) is 115 cm³/mol. The minimum Gasteiger partial charge on any atom is -0.354 e. The molecule has 11 nitrogen and oxygen atoms in total. The first-order chi connectivity index (χ1) is 15.8. The average molecular weight is 454 g/mol. The molecule has 3 N–H and O–H groups in total. The molecule has 5 rings (SSSR count). The molecule has 1 spiro atoms. The standard InChI is InChI=1S/C22H26N6O5/c29-17-3-2-13(19(31)24-17)9-18(30)23-11-15-10-22(5-1-6-22)12-28(15)20(32)14-4-7-27-16(8-14)25-26-21(27)33/h4,7-8,13,15H,1-3,5-6,9-12H2,(H,23,30)(H,26,33)(H,24,29,31). The number of H-pyrrole nitrogens is 1. The third kappa shape index (κ3) is 4.03. The van der Waals surface area contributed by atoms with Crippen LogP contribution in [0.2, 0.25) is 0 Å². The van der Waals surface area contributed by atoms with Crippen molar-refractivity contribution in [3.8, 4) is 0 Å². The van der Waals surface area contributed by atoms with E-state index in [2.05, 4.69) is 20.8 Å². The Balaban J connectivity index is 1.26. The summed E-state index contributed by atoms with van der Waals surface area (Å²) in [5.41, 5.74) is 0.549. The highest BCUT2D eigenvalue weighted by Crippen LogP contribution is 2.50. The molecule has 3 fully saturated rings. The Labute approximate surface area is 188 Å². The topological polar surface area (TPSA) is 146 Å². The van der Waals surface area contributed by atoms with E-state index in [-0.39, 0.29) is 47.7 Å². The zero-order chi connectivity index (χ0) is 23.2. The van der Waals surface area contributed by atoms with Crippen LogP contribution in [0.3, 0.4) is 0 Å². The number of amides is 4. The van der Waals surface area contributed by atoms with Gasteiger partial charge in [-0.25, -0.2) is 9.89 Å². The number of likely N-dealkylation sites (tertiary alicyclic amines) is 1. The van der Waals surface area contributed by atoms with Gasteiger partial charge in [-0.2, -0.15) is 5.10 Å². The Bertz CT molecular complexity index is 1200. The fraction of sp³-hybridized carbons (Fsp3) is 0.545. The predicted octanol–water partition coefficient (Wildman–Crippen LogP) is -0.0335. The molecule has 3 aliphatic rings. The number of carbonyl (C=O) groups excluding carboxylic acids is 4. The SMILES string of the molecule is O=C(CC1CCC(=O)NC1=O)NCC1CC2(CCC2)CN1C(=O)c1ccn2c(=O)[nH]nc2c1. The number of piperidine rings is 1. The van der Waals surface area contributed by atoms with Gasteiger partial charge in [-0.1, -0.05) is 6.42 Å². The molecule has 4 amide bonds. The van der Waals surface area contributed by atoms with E-state index in [1.165, 1.54) is 10.6 Å². The Morgan fingerprint density at radius 1 is 1.24 bits per heavy atom. The number of nitrogens with one attached hydrogen (secondary N) is 3. The molecular formula is C22H26N6O5. The zero-order valence-corrected chi connectivity index (χ0v) is 18.1. The van der Waals surface area contributed by atoms with E-state index in [9.17, 15) is 24.0 Å². The summed E-state index contributed by atoms with van der Waals surface area (Å²) in [5.74, 6) is -1.63. The number of fused-ring (bicyclic) bond motifs is 1. The van der Waals surface area contributed by atoms with Gasteiger partial charge < -0.3 is 10.2 Å². The first-order valence-electron chi connectivity index (χ1n) is 11.3. The molecule has 2 aliphatic heterocycles. The van der Waals surface area contributed by atoms with Crippen LogP contribution in [0.25, 0.3) is 5.65 Å². The third-order valence-electron chi connectivity index (χ3n) is 7.28. The summed E-state index contributed by atoms with van der Waals surface area (Å²) in [6.07, 6.45) is 6.24. The smallest absolute Gasteiger partial charge is 0.347 e. The van der Waals surface area contributed by atoms with Crippen molar-refractivity contribution in [2.75, 3.05) is 13.1 Å². The summed E-state index contributed by atoms with van der Waals surface area (Å²) in [5, 5.41) is 11.5. The van der Waals surface area contributed by atoms with Crippen LogP contribution >= 0.6 is 0 Å². The number of aromatic amines is 1. The van der Waals surface area contributed by atoms with Gasteiger partial charge in [0.2, 0.25) is 17.7 Å². The number of imide groups is 1. The highest BCUT2D eigenvalue weighted by molar-refractivity contribution is 6.00. The molecule has 0 radical (unpaired) electrons. The number of aromatic nitrogens is 3. The van der Waals surface area contributed by atoms with Gasteiger partial charge >= 0.3 is 5.69 Å². The maximum atomic E-state index is 13.4. The lowest BCUT2D eigenvalue weighted by Gasteiger charge is -2.37. The minimum atomic E-state index is -0.508. The summed E-state index contributed by atoms with van der Waals surface area (Å²) in [6, 6.07) is 3.04. The second kappa shape index (κ2) is 8.13. The van der Waals surface area contributed by atoms with Gasteiger partial charge in [0, 0.05) is 49.7 Å². The van der Waals surface area contributed by atoms with Crippen molar-refractivity contribution in [3.05, 3.63) is 34.4 Å². The Hall–Kier alpha value is -3.50. The first kappa shape index (κ1) is 21.4. The molecule has 33 heavy (non-hydrogen) atoms. The van der Waals surface area contributed by atoms with E-state index in [0.29, 0.717) is 30.7 Å². The fourth-order valence-corrected chi connectivity index (χ4v) is 5.29. The average Bonchev–Trinajstić information content (AvgIpc) is 3.35. The number of nitrogens with zero attached hydrogens (tertiary/aromatic N) is 3. The maximum Gasteiger partial charge on any atom is 0.347 e. The molecule has 11 heteroatoms. The normalized spacial score (nSPS) is 24.1. The van der Waals surface area contributed by atoms with Crippen molar-refractivity contribution >= 4 is 29.3 Å². The summed E-state index contributed by atoms with van der Waals surface area (Å²) >= 11 is 0. The zero-order valence-electron chi connectivity index (χ0n) is 18.1. The van der Waals surface area contributed by atoms with Gasteiger partial charge in [0.05, 0.1) is 0 Å². The third-order valence-corrected chi connectivity index (χ3v) is 7.28. The first-order valence-corrected chi connectivity index (χ1v) is 11.3. The van der Waals surface area contributed by atoms with Gasteiger partial charge in [0.15, 0.2) is 5.65 Å². The van der Waals surface area contributed by atoms with Crippen molar-refractivity contribution < 1.29 is 19.2 Å². The lowest BCUT2D eigenvalue weighted by Crippen LogP contribution is -2.45. The van der Waals surface area contributed by atoms with Gasteiger partial charge in [-0.3, -0.25) is 28.9 Å². The van der Waals surface area contributed by atoms with E-state index in [4.69, 9.17) is 0 Å². The molecule has 4 heterocycles. The number of hydrogen-bond donors (Lipinski definition) is 3. The van der Waals surface area contributed by atoms with Crippen molar-refractivity contribution in [3.63, 3.8) is 0 Å². The van der Waals surface area contributed by atoms with E-state index in [1.54, 1.807) is 12.1 Å². The molecule has 1 aliphatic carbocycles. The van der Waals surface area contributed by atoms with Crippen LogP contribution < -0.4 is 16.3 Å². The van der Waals surface area contributed by atoms with Crippen LogP contribution in [-0.4, -0.2) is 62.3 Å². The van der Waals surface area contributed by atoms with Crippen molar-refractivity contribution in [2.24, 2.45) is 11.3 Å². The molecule has 1 saturated carbocycles. The van der Waals surface area contributed by atoms with Crippen LogP contribution in [0.1, 0.15) is 55.3 Å². The van der Waals surface area contributed by atoms with Crippen LogP contribution in [0, 0.1) is 11.3 Å². The fourth-order valence-electron chi connectivity index (χ4n) is 5.29. The summed E-state index contributed by atoms with van der Waals surface area (Å²) in [7, 11) is 0. The summed E-state index contributed by atoms with van der Waals surface area (Å²) in [6.45, 7) is 0.946. The molecular weight excluding hydrogens is 428 g/mol. The maximum absolute atomic E-state index is 13.4. The lowest BCUT2D eigenvalue weighted by molar-refractivity contribution is -0.138. The van der Waals surface area contributed by atoms with Crippen molar-refractivity contribution in [1.29, 1.82) is 0 Å². The minimum absolute atomic E-state index is 0.0233. The molecule has 2 aromatic heterocycles. The molecule has 0 bridgehead atoms. The number of pyridine rings is 1. The van der Waals surface area contributed by atoms with E-state index in [1.807, 2.05) is 4.90 Å². The Kier molecular flexibility index (Phi) is 5.26.